The van der Waals surface area contributed by atoms with Crippen LogP contribution in [0.25, 0.3) is 0 Å². The molecule has 6 heteroatoms. The maximum Gasteiger partial charge on any atom is 0.414 e. The number of amides is 1. The second-order valence-corrected chi connectivity index (χ2v) is 6.02. The molecule has 0 aromatic heterocycles. The van der Waals surface area contributed by atoms with Crippen LogP contribution in [-0.4, -0.2) is 30.5 Å². The highest BCUT2D eigenvalue weighted by Gasteiger charge is 2.31. The van der Waals surface area contributed by atoms with Crippen LogP contribution in [0, 0.1) is 0 Å². The molecule has 1 heterocycles. The van der Waals surface area contributed by atoms with Gasteiger partial charge in [0.15, 0.2) is 5.75 Å². The molecular formula is C17H16BrNO4. The molecule has 5 nitrogen and oxygen atoms in total. The molecule has 23 heavy (non-hydrogen) atoms. The predicted octanol–water partition coefficient (Wildman–Crippen LogP) is 3.35. The number of para-hydroxylation sites is 1. The number of hydrogen-bond donors (Lipinski definition) is 1. The Morgan fingerprint density at radius 2 is 2.04 bits per heavy atom. The van der Waals surface area contributed by atoms with Gasteiger partial charge in [-0.25, -0.2) is 4.79 Å². The van der Waals surface area contributed by atoms with Gasteiger partial charge in [-0.1, -0.05) is 36.4 Å². The minimum atomic E-state index is -0.481. The van der Waals surface area contributed by atoms with E-state index in [1.165, 1.54) is 4.90 Å². The average Bonchev–Trinajstić information content (AvgIpc) is 2.60. The third kappa shape index (κ3) is 3.48. The highest BCUT2D eigenvalue weighted by Crippen LogP contribution is 2.39. The Morgan fingerprint density at radius 3 is 2.78 bits per heavy atom. The minimum Gasteiger partial charge on any atom is -0.483 e. The first-order valence-corrected chi connectivity index (χ1v) is 8.02. The summed E-state index contributed by atoms with van der Waals surface area (Å²) in [5.74, 6) is 0.537. The van der Waals surface area contributed by atoms with Crippen molar-refractivity contribution in [1.82, 2.24) is 0 Å². The fourth-order valence-electron chi connectivity index (χ4n) is 2.40. The number of benzene rings is 2. The van der Waals surface area contributed by atoms with Crippen molar-refractivity contribution in [1.29, 1.82) is 0 Å². The van der Waals surface area contributed by atoms with Crippen LogP contribution in [0.3, 0.4) is 0 Å². The van der Waals surface area contributed by atoms with E-state index in [1.807, 2.05) is 42.5 Å². The van der Waals surface area contributed by atoms with Crippen molar-refractivity contribution >= 4 is 27.7 Å². The summed E-state index contributed by atoms with van der Waals surface area (Å²) in [5, 5.41) is 9.40. The lowest BCUT2D eigenvalue weighted by Gasteiger charge is -2.34. The third-order valence-corrected chi connectivity index (χ3v) is 4.16. The largest absolute Gasteiger partial charge is 0.483 e. The van der Waals surface area contributed by atoms with Gasteiger partial charge in [-0.15, -0.1) is 0 Å². The van der Waals surface area contributed by atoms with E-state index in [0.29, 0.717) is 11.4 Å². The lowest BCUT2D eigenvalue weighted by Crippen LogP contribution is -2.45. The molecule has 0 aliphatic carbocycles. The summed E-state index contributed by atoms with van der Waals surface area (Å²) in [5.41, 5.74) is 1.55. The minimum absolute atomic E-state index is 0.177. The Bertz CT molecular complexity index is 692. The number of fused-ring (bicyclic) bond motifs is 1. The molecule has 1 aliphatic heterocycles. The molecule has 0 saturated carbocycles. The summed E-state index contributed by atoms with van der Waals surface area (Å²) in [4.78, 5) is 14.0. The molecule has 120 valence electrons. The van der Waals surface area contributed by atoms with E-state index in [0.717, 1.165) is 10.0 Å². The average molecular weight is 378 g/mol. The molecule has 0 fully saturated rings. The van der Waals surface area contributed by atoms with Crippen LogP contribution in [0.2, 0.25) is 0 Å². The summed E-state index contributed by atoms with van der Waals surface area (Å²) in [7, 11) is 0. The van der Waals surface area contributed by atoms with Gasteiger partial charge in [0.1, 0.15) is 12.7 Å². The Balaban J connectivity index is 1.78. The van der Waals surface area contributed by atoms with Gasteiger partial charge in [-0.2, -0.15) is 0 Å². The Kier molecular flexibility index (Phi) is 4.83. The normalized spacial score (nSPS) is 16.4. The number of aliphatic hydroxyl groups excluding tert-OH is 1. The van der Waals surface area contributed by atoms with E-state index in [2.05, 4.69) is 15.9 Å². The first-order valence-electron chi connectivity index (χ1n) is 7.23. The number of nitrogens with zero attached hydrogens (tertiary/aromatic N) is 1. The van der Waals surface area contributed by atoms with Crippen molar-refractivity contribution < 1.29 is 19.4 Å². The molecule has 2 aromatic rings. The van der Waals surface area contributed by atoms with E-state index in [-0.39, 0.29) is 19.8 Å². The number of aliphatic hydroxyl groups is 1. The van der Waals surface area contributed by atoms with Crippen molar-refractivity contribution in [3.63, 3.8) is 0 Å². The number of rotatable bonds is 3. The van der Waals surface area contributed by atoms with Crippen LogP contribution in [0.1, 0.15) is 5.56 Å². The van der Waals surface area contributed by atoms with Crippen molar-refractivity contribution in [2.45, 2.75) is 12.7 Å². The van der Waals surface area contributed by atoms with Crippen LogP contribution in [0.4, 0.5) is 10.5 Å². The topological polar surface area (TPSA) is 59.0 Å². The maximum atomic E-state index is 12.5. The van der Waals surface area contributed by atoms with Crippen LogP contribution in [-0.2, 0) is 11.3 Å². The van der Waals surface area contributed by atoms with E-state index in [9.17, 15) is 9.90 Å². The number of carbonyl (C=O) groups excluding carboxylic acids is 1. The lowest BCUT2D eigenvalue weighted by molar-refractivity contribution is 0.102. The number of anilines is 1. The molecule has 1 atom stereocenters. The molecule has 0 saturated heterocycles. The van der Waals surface area contributed by atoms with Gasteiger partial charge in [-0.3, -0.25) is 4.90 Å². The third-order valence-electron chi connectivity index (χ3n) is 3.54. The number of carbonyl (C=O) groups is 1. The highest BCUT2D eigenvalue weighted by molar-refractivity contribution is 9.10. The first kappa shape index (κ1) is 15.8. The van der Waals surface area contributed by atoms with E-state index >= 15 is 0 Å². The van der Waals surface area contributed by atoms with Gasteiger partial charge in [0, 0.05) is 0 Å². The van der Waals surface area contributed by atoms with Gasteiger partial charge in [0.05, 0.1) is 23.3 Å². The van der Waals surface area contributed by atoms with E-state index in [4.69, 9.17) is 9.47 Å². The van der Waals surface area contributed by atoms with E-state index in [1.54, 1.807) is 6.07 Å². The zero-order valence-corrected chi connectivity index (χ0v) is 13.9. The van der Waals surface area contributed by atoms with Crippen molar-refractivity contribution in [2.24, 2.45) is 0 Å². The predicted molar refractivity (Wildman–Crippen MR) is 89.6 cm³/mol. The molecule has 1 unspecified atom stereocenters. The Morgan fingerprint density at radius 1 is 1.26 bits per heavy atom. The lowest BCUT2D eigenvalue weighted by atomic mass is 10.2. The highest BCUT2D eigenvalue weighted by atomic mass is 79.9. The molecular weight excluding hydrogens is 362 g/mol. The standard InChI is InChI=1S/C17H16BrNO4/c18-14-7-4-8-15-16(14)23-13(10-20)9-19(15)17(21)22-11-12-5-2-1-3-6-12/h1-8,13,20H,9-11H2. The van der Waals surface area contributed by atoms with Crippen molar-refractivity contribution in [2.75, 3.05) is 18.1 Å². The molecule has 1 aliphatic rings. The number of ether oxygens (including phenoxy) is 2. The van der Waals surface area contributed by atoms with Crippen LogP contribution < -0.4 is 9.64 Å². The Hall–Kier alpha value is -2.05. The molecule has 0 spiro atoms. The molecule has 3 rings (SSSR count). The summed E-state index contributed by atoms with van der Waals surface area (Å²) in [6.07, 6.45) is -0.944. The summed E-state index contributed by atoms with van der Waals surface area (Å²) in [6, 6.07) is 14.9. The zero-order chi connectivity index (χ0) is 16.2. The van der Waals surface area contributed by atoms with Gasteiger partial charge in [-0.05, 0) is 33.6 Å². The number of hydrogen-bond acceptors (Lipinski definition) is 4. The van der Waals surface area contributed by atoms with Crippen LogP contribution >= 0.6 is 15.9 Å². The molecule has 1 amide bonds. The van der Waals surface area contributed by atoms with Gasteiger partial charge in [0.25, 0.3) is 0 Å². The molecule has 1 N–H and O–H groups in total. The maximum absolute atomic E-state index is 12.5. The molecule has 0 bridgehead atoms. The van der Waals surface area contributed by atoms with Gasteiger partial charge in [0.2, 0.25) is 0 Å². The van der Waals surface area contributed by atoms with Crippen LogP contribution in [0.15, 0.2) is 53.0 Å². The quantitative estimate of drug-likeness (QED) is 0.890. The molecule has 0 radical (unpaired) electrons. The van der Waals surface area contributed by atoms with Crippen LogP contribution in [0.5, 0.6) is 5.75 Å². The Labute approximate surface area is 142 Å². The van der Waals surface area contributed by atoms with Crippen molar-refractivity contribution in [3.8, 4) is 5.75 Å². The monoisotopic (exact) mass is 377 g/mol. The second kappa shape index (κ2) is 7.02. The summed E-state index contributed by atoms with van der Waals surface area (Å²) < 4.78 is 11.8. The zero-order valence-electron chi connectivity index (χ0n) is 12.3. The van der Waals surface area contributed by atoms with Crippen molar-refractivity contribution in [3.05, 3.63) is 58.6 Å². The fraction of sp³-hybridized carbons (Fsp3) is 0.235. The smallest absolute Gasteiger partial charge is 0.414 e. The van der Waals surface area contributed by atoms with Gasteiger partial charge < -0.3 is 14.6 Å². The van der Waals surface area contributed by atoms with E-state index < -0.39 is 12.2 Å². The second-order valence-electron chi connectivity index (χ2n) is 5.16. The summed E-state index contributed by atoms with van der Waals surface area (Å²) >= 11 is 3.41. The summed E-state index contributed by atoms with van der Waals surface area (Å²) in [6.45, 7) is 0.265. The fourth-order valence-corrected chi connectivity index (χ4v) is 2.85. The SMILES string of the molecule is O=C(OCc1ccccc1)N1CC(CO)Oc2c(Br)cccc21. The first-order chi connectivity index (χ1) is 11.2. The van der Waals surface area contributed by atoms with Gasteiger partial charge >= 0.3 is 6.09 Å². The molecule has 2 aromatic carbocycles. The number of halogens is 1.